The maximum Gasteiger partial charge on any atom is 0.226 e. The Labute approximate surface area is 185 Å². The van der Waals surface area contributed by atoms with Crippen LogP contribution in [0.15, 0.2) is 76.2 Å². The zero-order valence-electron chi connectivity index (χ0n) is 19.0. The first-order valence-corrected chi connectivity index (χ1v) is 11.1. The molecule has 0 bridgehead atoms. The van der Waals surface area contributed by atoms with Gasteiger partial charge in [0, 0.05) is 5.56 Å². The molecule has 2 aliphatic carbocycles. The standard InChI is InChI=1S/C26H24N2O.C2H6/c1-17-13-18(2)23(19(3)14-17)27-16-22-24(26-12-8-7-11-21(26)15-26)29-25(28-22)20-9-5-4-6-10-20;1-2/h4-14,16,21H,15H2,1-3H3;1-2H3. The molecule has 3 aromatic rings. The van der Waals surface area contributed by atoms with E-state index in [1.165, 1.54) is 16.7 Å². The lowest BCUT2D eigenvalue weighted by Crippen LogP contribution is -2.09. The van der Waals surface area contributed by atoms with Crippen LogP contribution < -0.4 is 0 Å². The van der Waals surface area contributed by atoms with Crippen LogP contribution >= 0.6 is 0 Å². The zero-order valence-corrected chi connectivity index (χ0v) is 19.0. The monoisotopic (exact) mass is 410 g/mol. The van der Waals surface area contributed by atoms with Crippen LogP contribution in [0.1, 0.15) is 48.4 Å². The second-order valence-corrected chi connectivity index (χ2v) is 8.20. The van der Waals surface area contributed by atoms with Crippen LogP contribution in [-0.2, 0) is 5.41 Å². The van der Waals surface area contributed by atoms with E-state index in [2.05, 4.69) is 57.2 Å². The molecule has 3 nitrogen and oxygen atoms in total. The van der Waals surface area contributed by atoms with Crippen molar-refractivity contribution < 1.29 is 4.42 Å². The molecule has 5 rings (SSSR count). The molecule has 0 saturated heterocycles. The van der Waals surface area contributed by atoms with Crippen LogP contribution in [0, 0.1) is 26.7 Å². The molecule has 0 amide bonds. The Balaban J connectivity index is 0.00000112. The lowest BCUT2D eigenvalue weighted by atomic mass is 9.95. The van der Waals surface area contributed by atoms with Gasteiger partial charge in [-0.05, 0) is 56.4 Å². The van der Waals surface area contributed by atoms with Gasteiger partial charge in [-0.25, -0.2) is 4.98 Å². The number of oxazole rings is 1. The molecule has 2 aromatic carbocycles. The highest BCUT2D eigenvalue weighted by atomic mass is 16.4. The van der Waals surface area contributed by atoms with Gasteiger partial charge in [-0.1, -0.05) is 74.0 Å². The summed E-state index contributed by atoms with van der Waals surface area (Å²) in [4.78, 5) is 9.68. The highest BCUT2D eigenvalue weighted by Crippen LogP contribution is 2.58. The molecule has 158 valence electrons. The van der Waals surface area contributed by atoms with E-state index >= 15 is 0 Å². The van der Waals surface area contributed by atoms with Crippen molar-refractivity contribution in [1.82, 2.24) is 4.98 Å². The van der Waals surface area contributed by atoms with Gasteiger partial charge in [-0.15, -0.1) is 0 Å². The molecular weight excluding hydrogens is 380 g/mol. The van der Waals surface area contributed by atoms with Gasteiger partial charge in [-0.3, -0.25) is 4.99 Å². The smallest absolute Gasteiger partial charge is 0.226 e. The van der Waals surface area contributed by atoms with Gasteiger partial charge in [0.25, 0.3) is 0 Å². The van der Waals surface area contributed by atoms with E-state index in [1.807, 2.05) is 50.4 Å². The highest BCUT2D eigenvalue weighted by Gasteiger charge is 2.56. The molecule has 1 aromatic heterocycles. The number of allylic oxidation sites excluding steroid dienone is 4. The Morgan fingerprint density at radius 1 is 1.03 bits per heavy atom. The molecule has 2 atom stereocenters. The molecule has 31 heavy (non-hydrogen) atoms. The number of nitrogens with zero attached hydrogens (tertiary/aromatic N) is 2. The number of aliphatic imine (C=N–C) groups is 1. The number of fused-ring (bicyclic) bond motifs is 1. The molecule has 2 aliphatic rings. The van der Waals surface area contributed by atoms with Gasteiger partial charge in [-0.2, -0.15) is 0 Å². The predicted molar refractivity (Wildman–Crippen MR) is 129 cm³/mol. The first kappa shape index (κ1) is 21.0. The normalized spacial score (nSPS) is 21.0. The van der Waals surface area contributed by atoms with E-state index < -0.39 is 0 Å². The minimum atomic E-state index is -0.0759. The summed E-state index contributed by atoms with van der Waals surface area (Å²) in [7, 11) is 0. The van der Waals surface area contributed by atoms with Crippen LogP contribution in [0.2, 0.25) is 0 Å². The van der Waals surface area contributed by atoms with E-state index in [4.69, 9.17) is 14.4 Å². The van der Waals surface area contributed by atoms with Crippen molar-refractivity contribution in [2.24, 2.45) is 10.9 Å². The average Bonchev–Trinajstić information content (AvgIpc) is 3.38. The average molecular weight is 411 g/mol. The summed E-state index contributed by atoms with van der Waals surface area (Å²) in [6.07, 6.45) is 11.7. The highest BCUT2D eigenvalue weighted by molar-refractivity contribution is 5.84. The summed E-state index contributed by atoms with van der Waals surface area (Å²) < 4.78 is 6.37. The predicted octanol–water partition coefficient (Wildman–Crippen LogP) is 7.43. The molecule has 0 N–H and O–H groups in total. The first-order valence-electron chi connectivity index (χ1n) is 11.1. The fourth-order valence-electron chi connectivity index (χ4n) is 4.46. The largest absolute Gasteiger partial charge is 0.440 e. The van der Waals surface area contributed by atoms with Crippen LogP contribution in [0.3, 0.4) is 0 Å². The van der Waals surface area contributed by atoms with E-state index in [0.29, 0.717) is 11.8 Å². The third-order valence-electron chi connectivity index (χ3n) is 5.96. The number of rotatable bonds is 4. The summed E-state index contributed by atoms with van der Waals surface area (Å²) >= 11 is 0. The summed E-state index contributed by atoms with van der Waals surface area (Å²) in [6.45, 7) is 10.3. The van der Waals surface area contributed by atoms with Crippen molar-refractivity contribution in [3.05, 3.63) is 94.9 Å². The molecule has 0 aliphatic heterocycles. The van der Waals surface area contributed by atoms with Crippen LogP contribution in [0.4, 0.5) is 5.69 Å². The van der Waals surface area contributed by atoms with Crippen molar-refractivity contribution in [2.45, 2.75) is 46.5 Å². The Kier molecular flexibility index (Phi) is 5.77. The molecular formula is C28H30N2O. The number of hydrogen-bond donors (Lipinski definition) is 0. The van der Waals surface area contributed by atoms with E-state index in [0.717, 1.165) is 29.1 Å². The molecule has 0 radical (unpaired) electrons. The van der Waals surface area contributed by atoms with Gasteiger partial charge in [0.2, 0.25) is 5.89 Å². The first-order chi connectivity index (χ1) is 15.1. The van der Waals surface area contributed by atoms with Crippen molar-refractivity contribution in [3.63, 3.8) is 0 Å². The number of aryl methyl sites for hydroxylation is 3. The van der Waals surface area contributed by atoms with Crippen molar-refractivity contribution in [3.8, 4) is 11.5 Å². The van der Waals surface area contributed by atoms with E-state index in [-0.39, 0.29) is 5.41 Å². The Morgan fingerprint density at radius 3 is 2.42 bits per heavy atom. The fraction of sp³-hybridized carbons (Fsp3) is 0.286. The maximum absolute atomic E-state index is 6.37. The second kappa shape index (κ2) is 8.50. The summed E-state index contributed by atoms with van der Waals surface area (Å²) in [5, 5.41) is 0. The second-order valence-electron chi connectivity index (χ2n) is 8.20. The van der Waals surface area contributed by atoms with Gasteiger partial charge in [0.15, 0.2) is 0 Å². The van der Waals surface area contributed by atoms with E-state index in [1.54, 1.807) is 0 Å². The Bertz CT molecular complexity index is 1140. The minimum Gasteiger partial charge on any atom is -0.440 e. The molecule has 1 fully saturated rings. The van der Waals surface area contributed by atoms with E-state index in [9.17, 15) is 0 Å². The van der Waals surface area contributed by atoms with Gasteiger partial charge in [0.1, 0.15) is 11.5 Å². The molecule has 0 spiro atoms. The quantitative estimate of drug-likeness (QED) is 0.420. The Morgan fingerprint density at radius 2 is 1.74 bits per heavy atom. The summed E-state index contributed by atoms with van der Waals surface area (Å²) in [5.41, 5.74) is 6.35. The lowest BCUT2D eigenvalue weighted by molar-refractivity contribution is 0.483. The van der Waals surface area contributed by atoms with Gasteiger partial charge < -0.3 is 4.42 Å². The van der Waals surface area contributed by atoms with Gasteiger partial charge in [0.05, 0.1) is 17.3 Å². The molecule has 1 heterocycles. The molecule has 2 unspecified atom stereocenters. The van der Waals surface area contributed by atoms with Crippen LogP contribution in [0.25, 0.3) is 11.5 Å². The van der Waals surface area contributed by atoms with Crippen molar-refractivity contribution in [2.75, 3.05) is 0 Å². The van der Waals surface area contributed by atoms with Crippen molar-refractivity contribution in [1.29, 1.82) is 0 Å². The third kappa shape index (κ3) is 3.93. The van der Waals surface area contributed by atoms with Crippen LogP contribution in [-0.4, -0.2) is 11.2 Å². The fourth-order valence-corrected chi connectivity index (χ4v) is 4.46. The zero-order chi connectivity index (χ0) is 22.0. The lowest BCUT2D eigenvalue weighted by Gasteiger charge is -2.11. The summed E-state index contributed by atoms with van der Waals surface area (Å²) in [6, 6.07) is 14.4. The topological polar surface area (TPSA) is 38.4 Å². The maximum atomic E-state index is 6.37. The van der Waals surface area contributed by atoms with Crippen molar-refractivity contribution >= 4 is 11.9 Å². The number of benzene rings is 2. The van der Waals surface area contributed by atoms with Gasteiger partial charge >= 0.3 is 0 Å². The summed E-state index contributed by atoms with van der Waals surface area (Å²) in [5.74, 6) is 2.06. The SMILES string of the molecule is CC.Cc1cc(C)c(N=Cc2nc(-c3ccccc3)oc2C23C=CC=CC2C3)c(C)c1. The Hall–Kier alpha value is -3.20. The third-order valence-corrected chi connectivity index (χ3v) is 5.96. The molecule has 1 saturated carbocycles. The van der Waals surface area contributed by atoms with Crippen LogP contribution in [0.5, 0.6) is 0 Å². The minimum absolute atomic E-state index is 0.0759. The number of aromatic nitrogens is 1. The molecule has 3 heteroatoms. The number of hydrogen-bond acceptors (Lipinski definition) is 3.